The number of aromatic nitrogens is 4. The van der Waals surface area contributed by atoms with Gasteiger partial charge in [0, 0.05) is 21.3 Å². The number of hydrogen-bond donors (Lipinski definition) is 3. The molecule has 0 spiro atoms. The predicted molar refractivity (Wildman–Crippen MR) is 96.9 cm³/mol. The van der Waals surface area contributed by atoms with Crippen LogP contribution in [0.25, 0.3) is 0 Å². The Kier molecular flexibility index (Phi) is 4.68. The van der Waals surface area contributed by atoms with E-state index in [2.05, 4.69) is 62.4 Å². The molecule has 0 bridgehead atoms. The average molecular weight is 437 g/mol. The van der Waals surface area contributed by atoms with Crippen LogP contribution in [-0.4, -0.2) is 19.9 Å². The predicted octanol–water partition coefficient (Wildman–Crippen LogP) is 3.86. The van der Waals surface area contributed by atoms with E-state index < -0.39 is 0 Å². The smallest absolute Gasteiger partial charge is 0.160 e. The largest absolute Gasteiger partial charge is 0.393 e. The van der Waals surface area contributed by atoms with Crippen molar-refractivity contribution in [1.82, 2.24) is 19.9 Å². The van der Waals surface area contributed by atoms with Gasteiger partial charge in [-0.25, -0.2) is 19.9 Å². The van der Waals surface area contributed by atoms with Gasteiger partial charge in [0.05, 0.1) is 0 Å². The number of anilines is 5. The fourth-order valence-corrected chi connectivity index (χ4v) is 2.21. The van der Waals surface area contributed by atoms with Gasteiger partial charge >= 0.3 is 0 Å². The third-order valence-electron chi connectivity index (χ3n) is 2.83. The molecule has 0 amide bonds. The zero-order valence-corrected chi connectivity index (χ0v) is 14.8. The summed E-state index contributed by atoms with van der Waals surface area (Å²) < 4.78 is 1.78. The molecule has 4 N–H and O–H groups in total. The van der Waals surface area contributed by atoms with E-state index in [0.717, 1.165) is 8.95 Å². The van der Waals surface area contributed by atoms with Crippen LogP contribution < -0.4 is 16.4 Å². The van der Waals surface area contributed by atoms with Crippen LogP contribution in [0.3, 0.4) is 0 Å². The fourth-order valence-electron chi connectivity index (χ4n) is 1.74. The minimum absolute atomic E-state index is 0.377. The van der Waals surface area contributed by atoms with E-state index in [0.29, 0.717) is 29.0 Å². The van der Waals surface area contributed by atoms with Crippen LogP contribution in [-0.2, 0) is 0 Å². The lowest BCUT2D eigenvalue weighted by molar-refractivity contribution is 1.15. The number of nitrogens with one attached hydrogen (secondary N) is 2. The lowest BCUT2D eigenvalue weighted by atomic mass is 10.4. The monoisotopic (exact) mass is 435 g/mol. The molecule has 9 heteroatoms. The number of pyridine rings is 2. The van der Waals surface area contributed by atoms with Gasteiger partial charge in [0.15, 0.2) is 11.6 Å². The number of hydrogen-bond acceptors (Lipinski definition) is 7. The Morgan fingerprint density at radius 1 is 0.739 bits per heavy atom. The van der Waals surface area contributed by atoms with Crippen molar-refractivity contribution in [2.24, 2.45) is 0 Å². The zero-order chi connectivity index (χ0) is 16.2. The molecule has 23 heavy (non-hydrogen) atoms. The summed E-state index contributed by atoms with van der Waals surface area (Å²) in [7, 11) is 0. The zero-order valence-electron chi connectivity index (χ0n) is 11.7. The first-order chi connectivity index (χ1) is 11.1. The molecule has 0 aliphatic carbocycles. The standard InChI is InChI=1S/C14H11Br2N7/c15-8-1-3-10(18-5-8)22-13-12(17)14(21-7-20-13)23-11-4-2-9(16)6-19-11/h1-7H,17H2,(H2,18,19,20,21,22,23). The Balaban J connectivity index is 1.83. The summed E-state index contributed by atoms with van der Waals surface area (Å²) in [4.78, 5) is 16.7. The van der Waals surface area contributed by atoms with Gasteiger partial charge in [-0.2, -0.15) is 0 Å². The van der Waals surface area contributed by atoms with Gasteiger partial charge in [-0.05, 0) is 56.1 Å². The van der Waals surface area contributed by atoms with E-state index in [1.807, 2.05) is 24.3 Å². The SMILES string of the molecule is Nc1c(Nc2ccc(Br)cn2)ncnc1Nc1ccc(Br)cn1. The highest BCUT2D eigenvalue weighted by atomic mass is 79.9. The summed E-state index contributed by atoms with van der Waals surface area (Å²) in [6.45, 7) is 0. The highest BCUT2D eigenvalue weighted by Crippen LogP contribution is 2.27. The van der Waals surface area contributed by atoms with E-state index in [4.69, 9.17) is 5.73 Å². The highest BCUT2D eigenvalue weighted by Gasteiger charge is 2.09. The molecule has 0 radical (unpaired) electrons. The Hall–Kier alpha value is -2.26. The first-order valence-corrected chi connectivity index (χ1v) is 8.08. The fraction of sp³-hybridized carbons (Fsp3) is 0. The number of halogens is 2. The van der Waals surface area contributed by atoms with E-state index in [1.165, 1.54) is 6.33 Å². The summed E-state index contributed by atoms with van der Waals surface area (Å²) >= 11 is 6.68. The first kappa shape index (κ1) is 15.6. The lowest BCUT2D eigenvalue weighted by Crippen LogP contribution is -2.06. The average Bonchev–Trinajstić information content (AvgIpc) is 2.55. The molecule has 0 aromatic carbocycles. The molecule has 3 heterocycles. The van der Waals surface area contributed by atoms with Crippen LogP contribution in [0.15, 0.2) is 51.9 Å². The van der Waals surface area contributed by atoms with Crippen molar-refractivity contribution < 1.29 is 0 Å². The van der Waals surface area contributed by atoms with Gasteiger partial charge in [0.25, 0.3) is 0 Å². The van der Waals surface area contributed by atoms with Crippen molar-refractivity contribution in [3.8, 4) is 0 Å². The summed E-state index contributed by atoms with van der Waals surface area (Å²) in [6, 6.07) is 7.37. The summed E-state index contributed by atoms with van der Waals surface area (Å²) in [5, 5.41) is 6.12. The molecule has 3 aromatic rings. The maximum Gasteiger partial charge on any atom is 0.160 e. The molecular formula is C14H11Br2N7. The normalized spacial score (nSPS) is 10.3. The minimum atomic E-state index is 0.377. The van der Waals surface area contributed by atoms with Crippen molar-refractivity contribution in [1.29, 1.82) is 0 Å². The van der Waals surface area contributed by atoms with E-state index in [9.17, 15) is 0 Å². The highest BCUT2D eigenvalue weighted by molar-refractivity contribution is 9.10. The molecule has 116 valence electrons. The van der Waals surface area contributed by atoms with Crippen LogP contribution in [0, 0.1) is 0 Å². The number of rotatable bonds is 4. The first-order valence-electron chi connectivity index (χ1n) is 6.49. The van der Waals surface area contributed by atoms with Crippen LogP contribution in [0.1, 0.15) is 0 Å². The van der Waals surface area contributed by atoms with Crippen molar-refractivity contribution in [3.63, 3.8) is 0 Å². The molecular weight excluding hydrogens is 426 g/mol. The van der Waals surface area contributed by atoms with Crippen molar-refractivity contribution in [2.45, 2.75) is 0 Å². The summed E-state index contributed by atoms with van der Waals surface area (Å²) in [5.41, 5.74) is 6.49. The molecule has 3 rings (SSSR count). The van der Waals surface area contributed by atoms with Gasteiger partial charge in [0.1, 0.15) is 23.7 Å². The minimum Gasteiger partial charge on any atom is -0.393 e. The summed E-state index contributed by atoms with van der Waals surface area (Å²) in [6.07, 6.45) is 4.79. The van der Waals surface area contributed by atoms with Crippen molar-refractivity contribution >= 4 is 60.8 Å². The number of nitrogens with two attached hydrogens (primary N) is 1. The Labute approximate surface area is 149 Å². The Bertz CT molecular complexity index is 741. The van der Waals surface area contributed by atoms with Crippen molar-refractivity contribution in [3.05, 3.63) is 51.9 Å². The van der Waals surface area contributed by atoms with Gasteiger partial charge < -0.3 is 16.4 Å². The Morgan fingerprint density at radius 3 is 1.61 bits per heavy atom. The molecule has 7 nitrogen and oxygen atoms in total. The lowest BCUT2D eigenvalue weighted by Gasteiger charge is -2.11. The maximum absolute atomic E-state index is 6.11. The molecule has 0 unspecified atom stereocenters. The second-order valence-corrected chi connectivity index (χ2v) is 6.29. The number of nitrogens with zero attached hydrogens (tertiary/aromatic N) is 4. The van der Waals surface area contributed by atoms with Crippen LogP contribution in [0.5, 0.6) is 0 Å². The van der Waals surface area contributed by atoms with Crippen LogP contribution >= 0.6 is 31.9 Å². The van der Waals surface area contributed by atoms with Crippen LogP contribution in [0.4, 0.5) is 29.0 Å². The van der Waals surface area contributed by atoms with Gasteiger partial charge in [-0.3, -0.25) is 0 Å². The molecule has 0 aliphatic heterocycles. The van der Waals surface area contributed by atoms with Crippen LogP contribution in [0.2, 0.25) is 0 Å². The third-order valence-corrected chi connectivity index (χ3v) is 3.77. The quantitative estimate of drug-likeness (QED) is 0.570. The second kappa shape index (κ2) is 6.88. The number of nitrogen functional groups attached to an aromatic ring is 1. The molecule has 0 fully saturated rings. The maximum atomic E-state index is 6.11. The molecule has 0 saturated heterocycles. The van der Waals surface area contributed by atoms with E-state index in [1.54, 1.807) is 12.4 Å². The molecule has 0 atom stereocenters. The summed E-state index contributed by atoms with van der Waals surface area (Å²) in [5.74, 6) is 2.20. The topological polar surface area (TPSA) is 102 Å². The van der Waals surface area contributed by atoms with Gasteiger partial charge in [0.2, 0.25) is 0 Å². The molecule has 3 aromatic heterocycles. The van der Waals surface area contributed by atoms with Gasteiger partial charge in [-0.1, -0.05) is 0 Å². The third kappa shape index (κ3) is 3.93. The van der Waals surface area contributed by atoms with Gasteiger partial charge in [-0.15, -0.1) is 0 Å². The van der Waals surface area contributed by atoms with E-state index >= 15 is 0 Å². The molecule has 0 saturated carbocycles. The second-order valence-electron chi connectivity index (χ2n) is 4.46. The Morgan fingerprint density at radius 2 is 1.22 bits per heavy atom. The van der Waals surface area contributed by atoms with E-state index in [-0.39, 0.29) is 0 Å². The molecule has 0 aliphatic rings. The van der Waals surface area contributed by atoms with Crippen molar-refractivity contribution in [2.75, 3.05) is 16.4 Å².